The van der Waals surface area contributed by atoms with Crippen molar-refractivity contribution in [3.8, 4) is 0 Å². The lowest BCUT2D eigenvalue weighted by Gasteiger charge is -2.35. The summed E-state index contributed by atoms with van der Waals surface area (Å²) in [5.41, 5.74) is 1.03. The highest BCUT2D eigenvalue weighted by molar-refractivity contribution is 6.31. The second kappa shape index (κ2) is 8.28. The maximum absolute atomic E-state index is 12.2. The van der Waals surface area contributed by atoms with E-state index >= 15 is 0 Å². The number of aromatic nitrogens is 2. The van der Waals surface area contributed by atoms with Gasteiger partial charge >= 0.3 is 0 Å². The van der Waals surface area contributed by atoms with E-state index in [4.69, 9.17) is 16.3 Å². The highest BCUT2D eigenvalue weighted by Crippen LogP contribution is 2.27. The third-order valence-electron chi connectivity index (χ3n) is 4.11. The van der Waals surface area contributed by atoms with Crippen LogP contribution in [0.1, 0.15) is 11.6 Å². The fourth-order valence-electron chi connectivity index (χ4n) is 2.88. The molecule has 0 aliphatic carbocycles. The summed E-state index contributed by atoms with van der Waals surface area (Å²) in [7, 11) is 0. The van der Waals surface area contributed by atoms with Crippen molar-refractivity contribution in [1.29, 1.82) is 0 Å². The SMILES string of the molecule is O=C(Cn1cccn1)NC[C@H](c1ccccc1Cl)N1CCOCC1. The summed E-state index contributed by atoms with van der Waals surface area (Å²) in [5.74, 6) is -0.0657. The van der Waals surface area contributed by atoms with Gasteiger partial charge in [-0.05, 0) is 17.7 Å². The highest BCUT2D eigenvalue weighted by Gasteiger charge is 2.24. The third-order valence-corrected chi connectivity index (χ3v) is 4.45. The van der Waals surface area contributed by atoms with Crippen molar-refractivity contribution in [2.24, 2.45) is 0 Å². The van der Waals surface area contributed by atoms with Gasteiger partial charge in [-0.2, -0.15) is 5.10 Å². The molecular formula is C17H21ClN4O2. The summed E-state index contributed by atoms with van der Waals surface area (Å²) in [4.78, 5) is 14.5. The van der Waals surface area contributed by atoms with E-state index in [2.05, 4.69) is 15.3 Å². The first-order chi connectivity index (χ1) is 11.7. The molecule has 0 spiro atoms. The summed E-state index contributed by atoms with van der Waals surface area (Å²) in [6.45, 7) is 3.76. The van der Waals surface area contributed by atoms with Crippen LogP contribution < -0.4 is 5.32 Å². The van der Waals surface area contributed by atoms with Crippen molar-refractivity contribution >= 4 is 17.5 Å². The molecule has 7 heteroatoms. The van der Waals surface area contributed by atoms with Crippen molar-refractivity contribution in [3.63, 3.8) is 0 Å². The van der Waals surface area contributed by atoms with E-state index in [9.17, 15) is 4.79 Å². The van der Waals surface area contributed by atoms with Crippen LogP contribution in [0.3, 0.4) is 0 Å². The fraction of sp³-hybridized carbons (Fsp3) is 0.412. The summed E-state index contributed by atoms with van der Waals surface area (Å²) >= 11 is 6.38. The predicted octanol–water partition coefficient (Wildman–Crippen LogP) is 1.73. The van der Waals surface area contributed by atoms with E-state index in [-0.39, 0.29) is 18.5 Å². The molecule has 1 amide bonds. The zero-order valence-electron chi connectivity index (χ0n) is 13.4. The molecule has 0 radical (unpaired) electrons. The van der Waals surface area contributed by atoms with Gasteiger partial charge < -0.3 is 10.1 Å². The number of halogens is 1. The second-order valence-corrected chi connectivity index (χ2v) is 6.10. The van der Waals surface area contributed by atoms with E-state index in [1.807, 2.05) is 24.3 Å². The Morgan fingerprint density at radius 2 is 2.08 bits per heavy atom. The van der Waals surface area contributed by atoms with Gasteiger partial charge in [0.25, 0.3) is 0 Å². The first-order valence-corrected chi connectivity index (χ1v) is 8.42. The molecule has 2 aromatic rings. The molecule has 1 aliphatic heterocycles. The van der Waals surface area contributed by atoms with Crippen LogP contribution in [-0.4, -0.2) is 53.4 Å². The molecule has 3 rings (SSSR count). The van der Waals surface area contributed by atoms with E-state index in [1.54, 1.807) is 23.1 Å². The van der Waals surface area contributed by atoms with Gasteiger partial charge in [-0.25, -0.2) is 0 Å². The standard InChI is InChI=1S/C17H21ClN4O2/c18-15-5-2-1-4-14(15)16(21-8-10-24-11-9-21)12-19-17(23)13-22-7-3-6-20-22/h1-7,16H,8-13H2,(H,19,23)/t16-/m1/s1. The Labute approximate surface area is 146 Å². The van der Waals surface area contributed by atoms with Crippen LogP contribution in [0.25, 0.3) is 0 Å². The number of nitrogens with zero attached hydrogens (tertiary/aromatic N) is 3. The third kappa shape index (κ3) is 4.35. The molecule has 1 aliphatic rings. The molecule has 128 valence electrons. The minimum absolute atomic E-state index is 0.0316. The molecule has 1 saturated heterocycles. The van der Waals surface area contributed by atoms with Gasteiger partial charge in [0.05, 0.1) is 19.3 Å². The second-order valence-electron chi connectivity index (χ2n) is 5.69. The number of carbonyl (C=O) groups is 1. The molecule has 1 aromatic carbocycles. The van der Waals surface area contributed by atoms with Gasteiger partial charge in [0.2, 0.25) is 5.91 Å². The number of amides is 1. The molecule has 0 bridgehead atoms. The van der Waals surface area contributed by atoms with Crippen LogP contribution in [0, 0.1) is 0 Å². The molecule has 1 N–H and O–H groups in total. The zero-order valence-corrected chi connectivity index (χ0v) is 14.2. The minimum Gasteiger partial charge on any atom is -0.379 e. The van der Waals surface area contributed by atoms with E-state index in [0.717, 1.165) is 23.7 Å². The predicted molar refractivity (Wildman–Crippen MR) is 91.8 cm³/mol. The van der Waals surface area contributed by atoms with Gasteiger partial charge in [0.15, 0.2) is 0 Å². The van der Waals surface area contributed by atoms with E-state index < -0.39 is 0 Å². The average molecular weight is 349 g/mol. The quantitative estimate of drug-likeness (QED) is 0.863. The Morgan fingerprint density at radius 1 is 1.29 bits per heavy atom. The number of morpholine rings is 1. The van der Waals surface area contributed by atoms with Gasteiger partial charge in [0, 0.05) is 37.1 Å². The summed E-state index contributed by atoms with van der Waals surface area (Å²) in [6, 6.07) is 9.62. The minimum atomic E-state index is -0.0657. The lowest BCUT2D eigenvalue weighted by Crippen LogP contribution is -2.44. The van der Waals surface area contributed by atoms with Crippen molar-refractivity contribution in [2.75, 3.05) is 32.8 Å². The van der Waals surface area contributed by atoms with Crippen LogP contribution in [0.15, 0.2) is 42.7 Å². The first-order valence-electron chi connectivity index (χ1n) is 8.04. The number of ether oxygens (including phenoxy) is 1. The highest BCUT2D eigenvalue weighted by atomic mass is 35.5. The molecule has 1 aromatic heterocycles. The smallest absolute Gasteiger partial charge is 0.241 e. The molecule has 2 heterocycles. The molecule has 1 fully saturated rings. The Morgan fingerprint density at radius 3 is 2.79 bits per heavy atom. The number of carbonyl (C=O) groups excluding carboxylic acids is 1. The van der Waals surface area contributed by atoms with Crippen LogP contribution in [-0.2, 0) is 16.1 Å². The van der Waals surface area contributed by atoms with Crippen LogP contribution >= 0.6 is 11.6 Å². The van der Waals surface area contributed by atoms with Gasteiger partial charge in [-0.1, -0.05) is 29.8 Å². The summed E-state index contributed by atoms with van der Waals surface area (Å²) in [5, 5.41) is 7.77. The molecular weight excluding hydrogens is 328 g/mol. The lowest BCUT2D eigenvalue weighted by atomic mass is 10.0. The number of hydrogen-bond donors (Lipinski definition) is 1. The molecule has 0 saturated carbocycles. The summed E-state index contributed by atoms with van der Waals surface area (Å²) in [6.07, 6.45) is 3.43. The fourth-order valence-corrected chi connectivity index (χ4v) is 3.14. The largest absolute Gasteiger partial charge is 0.379 e. The Hall–Kier alpha value is -1.89. The Balaban J connectivity index is 1.67. The molecule has 0 unspecified atom stereocenters. The Bertz CT molecular complexity index is 656. The maximum atomic E-state index is 12.2. The van der Waals surface area contributed by atoms with Gasteiger partial charge in [0.1, 0.15) is 6.54 Å². The topological polar surface area (TPSA) is 59.4 Å². The average Bonchev–Trinajstić information content (AvgIpc) is 3.10. The van der Waals surface area contributed by atoms with Crippen LogP contribution in [0.4, 0.5) is 0 Å². The normalized spacial score (nSPS) is 16.7. The van der Waals surface area contributed by atoms with E-state index in [0.29, 0.717) is 19.8 Å². The number of rotatable bonds is 6. The molecule has 6 nitrogen and oxygen atoms in total. The van der Waals surface area contributed by atoms with E-state index in [1.165, 1.54) is 0 Å². The van der Waals surface area contributed by atoms with Crippen LogP contribution in [0.2, 0.25) is 5.02 Å². The number of nitrogens with one attached hydrogen (secondary N) is 1. The molecule has 24 heavy (non-hydrogen) atoms. The summed E-state index contributed by atoms with van der Waals surface area (Å²) < 4.78 is 7.04. The van der Waals surface area contributed by atoms with Gasteiger partial charge in [-0.3, -0.25) is 14.4 Å². The monoisotopic (exact) mass is 348 g/mol. The van der Waals surface area contributed by atoms with Crippen molar-refractivity contribution in [2.45, 2.75) is 12.6 Å². The molecule has 1 atom stereocenters. The number of benzene rings is 1. The first kappa shape index (κ1) is 17.0. The zero-order chi connectivity index (χ0) is 16.8. The maximum Gasteiger partial charge on any atom is 0.241 e. The number of hydrogen-bond acceptors (Lipinski definition) is 4. The van der Waals surface area contributed by atoms with Crippen molar-refractivity contribution in [1.82, 2.24) is 20.0 Å². The van der Waals surface area contributed by atoms with Crippen LogP contribution in [0.5, 0.6) is 0 Å². The Kier molecular flexibility index (Phi) is 5.85. The van der Waals surface area contributed by atoms with Crippen molar-refractivity contribution < 1.29 is 9.53 Å². The van der Waals surface area contributed by atoms with Gasteiger partial charge in [-0.15, -0.1) is 0 Å². The lowest BCUT2D eigenvalue weighted by molar-refractivity contribution is -0.122. The van der Waals surface area contributed by atoms with Crippen molar-refractivity contribution in [3.05, 3.63) is 53.3 Å².